The lowest BCUT2D eigenvalue weighted by atomic mass is 10.1. The van der Waals surface area contributed by atoms with Gasteiger partial charge in [-0.05, 0) is 69.2 Å². The summed E-state index contributed by atoms with van der Waals surface area (Å²) in [5.74, 6) is -0.504. The smallest absolute Gasteiger partial charge is 0.280 e. The average Bonchev–Trinajstić information content (AvgIpc) is 2.98. The zero-order valence-electron chi connectivity index (χ0n) is 17.2. The largest absolute Gasteiger partial charge is 0.494 e. The van der Waals surface area contributed by atoms with Crippen LogP contribution >= 0.6 is 0 Å². The van der Waals surface area contributed by atoms with E-state index in [0.29, 0.717) is 17.9 Å². The van der Waals surface area contributed by atoms with E-state index >= 15 is 0 Å². The molecule has 0 aliphatic heterocycles. The third kappa shape index (κ3) is 5.48. The van der Waals surface area contributed by atoms with Crippen molar-refractivity contribution in [3.63, 3.8) is 0 Å². The second kappa shape index (κ2) is 10.1. The number of amides is 2. The number of carbonyl (C=O) groups is 2. The second-order valence-electron chi connectivity index (χ2n) is 6.51. The van der Waals surface area contributed by atoms with Crippen molar-refractivity contribution in [2.75, 3.05) is 6.61 Å². The molecule has 7 nitrogen and oxygen atoms in total. The van der Waals surface area contributed by atoms with Crippen LogP contribution in [0.1, 0.15) is 47.6 Å². The first-order valence-corrected chi connectivity index (χ1v) is 9.53. The molecule has 2 N–H and O–H groups in total. The molecule has 0 saturated heterocycles. The zero-order valence-corrected chi connectivity index (χ0v) is 17.2. The van der Waals surface area contributed by atoms with Gasteiger partial charge >= 0.3 is 0 Å². The molecule has 1 aromatic heterocycles. The molecule has 1 heterocycles. The molecule has 0 spiro atoms. The van der Waals surface area contributed by atoms with Crippen LogP contribution in [0.4, 0.5) is 0 Å². The Bertz CT molecular complexity index is 950. The van der Waals surface area contributed by atoms with Crippen molar-refractivity contribution < 1.29 is 14.3 Å². The van der Waals surface area contributed by atoms with Gasteiger partial charge in [-0.15, -0.1) is 0 Å². The third-order valence-corrected chi connectivity index (χ3v) is 4.44. The monoisotopic (exact) mass is 394 g/mol. The van der Waals surface area contributed by atoms with Crippen molar-refractivity contribution in [1.82, 2.24) is 15.4 Å². The van der Waals surface area contributed by atoms with Gasteiger partial charge in [0.1, 0.15) is 17.4 Å². The number of nitrogens with zero attached hydrogens (tertiary/aromatic N) is 2. The highest BCUT2D eigenvalue weighted by atomic mass is 16.5. The summed E-state index contributed by atoms with van der Waals surface area (Å²) >= 11 is 0. The van der Waals surface area contributed by atoms with Gasteiger partial charge in [-0.3, -0.25) is 20.4 Å². The summed E-state index contributed by atoms with van der Waals surface area (Å²) in [6, 6.07) is 10.4. The number of aryl methyl sites for hydroxylation is 1. The van der Waals surface area contributed by atoms with Crippen molar-refractivity contribution in [1.29, 1.82) is 5.26 Å². The normalized spacial score (nSPS) is 10.9. The third-order valence-electron chi connectivity index (χ3n) is 4.44. The van der Waals surface area contributed by atoms with E-state index in [1.54, 1.807) is 24.3 Å². The van der Waals surface area contributed by atoms with Gasteiger partial charge in [-0.25, -0.2) is 0 Å². The first kappa shape index (κ1) is 21.8. The molecule has 0 aliphatic carbocycles. The molecular formula is C22H26N4O3. The molecule has 0 saturated carbocycles. The van der Waals surface area contributed by atoms with Crippen LogP contribution in [-0.4, -0.2) is 23.0 Å². The van der Waals surface area contributed by atoms with Crippen LogP contribution in [0.5, 0.6) is 5.75 Å². The number of carbonyl (C=O) groups excluding carboxylic acids is 2. The summed E-state index contributed by atoms with van der Waals surface area (Å²) in [6.45, 7) is 9.31. The van der Waals surface area contributed by atoms with Gasteiger partial charge < -0.3 is 9.30 Å². The minimum atomic E-state index is -0.674. The van der Waals surface area contributed by atoms with Gasteiger partial charge in [0.25, 0.3) is 11.8 Å². The minimum absolute atomic E-state index is 0.0891. The highest BCUT2D eigenvalue weighted by molar-refractivity contribution is 6.03. The summed E-state index contributed by atoms with van der Waals surface area (Å²) in [4.78, 5) is 24.5. The van der Waals surface area contributed by atoms with Gasteiger partial charge in [-0.1, -0.05) is 6.92 Å². The molecule has 0 bridgehead atoms. The first-order chi connectivity index (χ1) is 13.9. The number of hydrogen-bond donors (Lipinski definition) is 2. The maximum atomic E-state index is 12.3. The maximum absolute atomic E-state index is 12.3. The van der Waals surface area contributed by atoms with Gasteiger partial charge in [0, 0.05) is 23.5 Å². The summed E-state index contributed by atoms with van der Waals surface area (Å²) in [5.41, 5.74) is 7.75. The molecule has 0 unspecified atom stereocenters. The summed E-state index contributed by atoms with van der Waals surface area (Å²) in [6.07, 6.45) is 2.52. The molecule has 2 rings (SSSR count). The fourth-order valence-corrected chi connectivity index (χ4v) is 2.97. The summed E-state index contributed by atoms with van der Waals surface area (Å²) < 4.78 is 7.47. The predicted octanol–water partition coefficient (Wildman–Crippen LogP) is 3.28. The Hall–Kier alpha value is -3.53. The van der Waals surface area contributed by atoms with E-state index < -0.39 is 11.8 Å². The van der Waals surface area contributed by atoms with E-state index in [1.165, 1.54) is 6.08 Å². The zero-order chi connectivity index (χ0) is 21.4. The Morgan fingerprint density at radius 3 is 2.45 bits per heavy atom. The highest BCUT2D eigenvalue weighted by Gasteiger charge is 2.14. The number of ether oxygens (including phenoxy) is 1. The van der Waals surface area contributed by atoms with Crippen LogP contribution in [0.3, 0.4) is 0 Å². The van der Waals surface area contributed by atoms with Crippen LogP contribution in [0.15, 0.2) is 35.9 Å². The summed E-state index contributed by atoms with van der Waals surface area (Å²) in [7, 11) is 0. The van der Waals surface area contributed by atoms with Crippen LogP contribution < -0.4 is 15.6 Å². The van der Waals surface area contributed by atoms with E-state index in [1.807, 2.05) is 32.9 Å². The Morgan fingerprint density at radius 2 is 1.86 bits per heavy atom. The fraction of sp³-hybridized carbons (Fsp3) is 0.318. The van der Waals surface area contributed by atoms with E-state index in [9.17, 15) is 14.9 Å². The average molecular weight is 394 g/mol. The van der Waals surface area contributed by atoms with Gasteiger partial charge in [0.2, 0.25) is 0 Å². The van der Waals surface area contributed by atoms with Crippen molar-refractivity contribution >= 4 is 17.9 Å². The molecule has 0 aliphatic rings. The topological polar surface area (TPSA) is 96.1 Å². The molecule has 2 amide bonds. The van der Waals surface area contributed by atoms with Crippen LogP contribution in [0, 0.1) is 25.2 Å². The standard InChI is InChI=1S/C22H26N4O3/c1-5-11-26-15(3)12-18(16(26)4)13-19(14-23)22(28)25-24-21(27)17-7-9-20(10-8-17)29-6-2/h7-10,12-13H,5-6,11H2,1-4H3,(H,24,27)(H,25,28)/b19-13+. The van der Waals surface area contributed by atoms with Crippen molar-refractivity contribution in [3.05, 3.63) is 58.4 Å². The number of aromatic nitrogens is 1. The van der Waals surface area contributed by atoms with Crippen LogP contribution in [0.2, 0.25) is 0 Å². The molecule has 1 aromatic carbocycles. The van der Waals surface area contributed by atoms with Gasteiger partial charge in [-0.2, -0.15) is 5.26 Å². The van der Waals surface area contributed by atoms with Crippen LogP contribution in [0.25, 0.3) is 6.08 Å². The molecule has 0 atom stereocenters. The SMILES string of the molecule is CCCn1c(C)cc(/C=C(\C#N)C(=O)NNC(=O)c2ccc(OCC)cc2)c1C. The van der Waals surface area contributed by atoms with Crippen molar-refractivity contribution in [2.45, 2.75) is 40.7 Å². The number of hydrogen-bond acceptors (Lipinski definition) is 4. The van der Waals surface area contributed by atoms with E-state index in [0.717, 1.165) is 29.9 Å². The lowest BCUT2D eigenvalue weighted by Gasteiger charge is -2.08. The molecule has 7 heteroatoms. The number of nitrogens with one attached hydrogen (secondary N) is 2. The van der Waals surface area contributed by atoms with Crippen molar-refractivity contribution in [2.24, 2.45) is 0 Å². The lowest BCUT2D eigenvalue weighted by molar-refractivity contribution is -0.117. The van der Waals surface area contributed by atoms with Crippen LogP contribution in [-0.2, 0) is 11.3 Å². The number of rotatable bonds is 7. The second-order valence-corrected chi connectivity index (χ2v) is 6.51. The first-order valence-electron chi connectivity index (χ1n) is 9.53. The Labute approximate surface area is 170 Å². The van der Waals surface area contributed by atoms with Gasteiger partial charge in [0.05, 0.1) is 6.61 Å². The lowest BCUT2D eigenvalue weighted by Crippen LogP contribution is -2.42. The van der Waals surface area contributed by atoms with Crippen molar-refractivity contribution in [3.8, 4) is 11.8 Å². The van der Waals surface area contributed by atoms with E-state index in [4.69, 9.17) is 4.74 Å². The Kier molecular flexibility index (Phi) is 7.61. The van der Waals surface area contributed by atoms with E-state index in [2.05, 4.69) is 22.3 Å². The quantitative estimate of drug-likeness (QED) is 0.428. The minimum Gasteiger partial charge on any atom is -0.494 e. The number of nitriles is 1. The molecule has 0 radical (unpaired) electrons. The molecule has 2 aromatic rings. The highest BCUT2D eigenvalue weighted by Crippen LogP contribution is 2.18. The Morgan fingerprint density at radius 1 is 1.17 bits per heavy atom. The summed E-state index contributed by atoms with van der Waals surface area (Å²) in [5, 5.41) is 9.38. The number of hydrazine groups is 1. The molecule has 29 heavy (non-hydrogen) atoms. The predicted molar refractivity (Wildman–Crippen MR) is 111 cm³/mol. The maximum Gasteiger partial charge on any atom is 0.280 e. The van der Waals surface area contributed by atoms with E-state index in [-0.39, 0.29) is 5.57 Å². The van der Waals surface area contributed by atoms with Gasteiger partial charge in [0.15, 0.2) is 0 Å². The number of benzene rings is 1. The molecule has 0 fully saturated rings. The molecular weight excluding hydrogens is 368 g/mol. The molecule has 152 valence electrons. The Balaban J connectivity index is 2.06. The fourth-order valence-electron chi connectivity index (χ4n) is 2.97.